The van der Waals surface area contributed by atoms with Gasteiger partial charge in [0.1, 0.15) is 28.7 Å². The Morgan fingerprint density at radius 2 is 1.70 bits per heavy atom. The van der Waals surface area contributed by atoms with Gasteiger partial charge in [0.25, 0.3) is 5.91 Å². The predicted molar refractivity (Wildman–Crippen MR) is 245 cm³/mol. The highest BCUT2D eigenvalue weighted by Crippen LogP contribution is 2.56. The van der Waals surface area contributed by atoms with Gasteiger partial charge in [-0.05, 0) is 125 Å². The van der Waals surface area contributed by atoms with Gasteiger partial charge in [-0.2, -0.15) is 9.46 Å². The summed E-state index contributed by atoms with van der Waals surface area (Å²) in [5, 5.41) is 10.1. The summed E-state index contributed by atoms with van der Waals surface area (Å²) in [7, 11) is -2.58. The topological polar surface area (TPSA) is 168 Å². The van der Waals surface area contributed by atoms with E-state index in [0.717, 1.165) is 39.9 Å². The van der Waals surface area contributed by atoms with Crippen molar-refractivity contribution in [2.45, 2.75) is 90.3 Å². The molecule has 1 saturated heterocycles. The van der Waals surface area contributed by atoms with Gasteiger partial charge in [-0.3, -0.25) is 23.4 Å². The minimum absolute atomic E-state index is 0.0137. The van der Waals surface area contributed by atoms with E-state index in [1.807, 2.05) is 17.6 Å². The van der Waals surface area contributed by atoms with Crippen LogP contribution in [0.25, 0.3) is 28.1 Å². The maximum absolute atomic E-state index is 15.8. The number of imidazole rings is 1. The van der Waals surface area contributed by atoms with Gasteiger partial charge >= 0.3 is 11.4 Å². The molecule has 7 aromatic rings. The molecule has 344 valence electrons. The molecule has 0 unspecified atom stereocenters. The number of aryl methyl sites for hydroxylation is 2. The van der Waals surface area contributed by atoms with E-state index in [1.165, 1.54) is 41.6 Å². The fourth-order valence-corrected chi connectivity index (χ4v) is 11.0. The molecule has 0 spiro atoms. The van der Waals surface area contributed by atoms with Crippen molar-refractivity contribution in [3.8, 4) is 17.2 Å². The van der Waals surface area contributed by atoms with Gasteiger partial charge in [-0.1, -0.05) is 18.1 Å². The van der Waals surface area contributed by atoms with Crippen molar-refractivity contribution < 1.29 is 27.0 Å². The van der Waals surface area contributed by atoms with Gasteiger partial charge in [0.05, 0.1) is 34.4 Å². The third-order valence-electron chi connectivity index (χ3n) is 13.6. The average Bonchev–Trinajstić information content (AvgIpc) is 3.74. The molecule has 15 nitrogen and oxygen atoms in total. The Morgan fingerprint density at radius 1 is 0.970 bits per heavy atom. The first kappa shape index (κ1) is 43.5. The minimum atomic E-state index is -2.58. The van der Waals surface area contributed by atoms with Crippen LogP contribution in [0.5, 0.6) is 0 Å². The van der Waals surface area contributed by atoms with Gasteiger partial charge < -0.3 is 14.2 Å². The zero-order valence-corrected chi connectivity index (χ0v) is 38.8. The van der Waals surface area contributed by atoms with Crippen LogP contribution in [0.3, 0.4) is 0 Å². The van der Waals surface area contributed by atoms with Crippen LogP contribution in [-0.2, 0) is 26.4 Å². The SMILES string of the molecule is Cc1cc(-n2nc3c(c2-n2ccn(-c4ccc(N=S(C)(C)=O)cc4F)c2=O)[C@H](C)N(C(=O)c2cc4cc([C@H]5CCOC(C)(C)C5)ccc4n2[C@@]2(c4noc(=O)[nH]4)C[C@@H]2C)CC3)cc(C)c1F. The van der Waals surface area contributed by atoms with Crippen molar-refractivity contribution in [1.29, 1.82) is 0 Å². The molecule has 1 amide bonds. The predicted octanol–water partition coefficient (Wildman–Crippen LogP) is 7.91. The summed E-state index contributed by atoms with van der Waals surface area (Å²) < 4.78 is 64.5. The number of nitrogens with one attached hydrogen (secondary N) is 1. The lowest BCUT2D eigenvalue weighted by Gasteiger charge is -2.35. The number of carbonyl (C=O) groups excluding carboxylic acids is 1. The number of aromatic nitrogens is 7. The summed E-state index contributed by atoms with van der Waals surface area (Å²) in [5.41, 5.74) is 3.18. The molecule has 4 atom stereocenters. The maximum Gasteiger partial charge on any atom is 0.438 e. The number of amides is 1. The van der Waals surface area contributed by atoms with E-state index in [9.17, 15) is 13.8 Å². The molecule has 18 heteroatoms. The molecular formula is C48H51F2N9O6S. The van der Waals surface area contributed by atoms with Crippen molar-refractivity contribution in [3.05, 3.63) is 139 Å². The second-order valence-corrected chi connectivity index (χ2v) is 21.6. The summed E-state index contributed by atoms with van der Waals surface area (Å²) >= 11 is 0. The van der Waals surface area contributed by atoms with Crippen molar-refractivity contribution in [2.24, 2.45) is 10.3 Å². The van der Waals surface area contributed by atoms with Crippen molar-refractivity contribution in [2.75, 3.05) is 25.7 Å². The molecular weight excluding hydrogens is 869 g/mol. The van der Waals surface area contributed by atoms with Crippen molar-refractivity contribution in [1.82, 2.24) is 38.5 Å². The smallest absolute Gasteiger partial charge is 0.376 e. The Labute approximate surface area is 379 Å². The number of hydrogen-bond donors (Lipinski definition) is 1. The van der Waals surface area contributed by atoms with E-state index in [4.69, 9.17) is 14.4 Å². The fourth-order valence-electron chi connectivity index (χ4n) is 10.4. The van der Waals surface area contributed by atoms with E-state index >= 15 is 13.6 Å². The standard InChI is InChI=1S/C48H51F2N9O6S/c1-26-19-34(20-27(2)41(26)50)59-42(57-17-16-56(46(57)62)38-12-10-33(23-35(38)49)54-66(7,8)63)40-29(4)55(15-13-36(40)52-59)43(60)39-22-32-21-30(31-14-18-64-47(5,6)25-31)9-11-37(32)58(39)48(24-28(48)3)44-51-45(61)65-53-44/h9-12,16-17,19-23,28-29,31H,13-15,18,24-25H2,1-8H3,(H,51,53,61)/t28-,29-,31-,48-/m0/s1. The molecule has 1 saturated carbocycles. The van der Waals surface area contributed by atoms with Crippen LogP contribution in [0.4, 0.5) is 14.5 Å². The number of aromatic amines is 1. The zero-order valence-electron chi connectivity index (χ0n) is 38.0. The molecule has 0 radical (unpaired) electrons. The Hall–Kier alpha value is -6.40. The number of nitrogens with zero attached hydrogens (tertiary/aromatic N) is 8. The van der Waals surface area contributed by atoms with Crippen LogP contribution < -0.4 is 11.4 Å². The number of benzene rings is 3. The van der Waals surface area contributed by atoms with Gasteiger partial charge in [-0.15, -0.1) is 0 Å². The van der Waals surface area contributed by atoms with Crippen LogP contribution in [-0.4, -0.2) is 79.9 Å². The molecule has 66 heavy (non-hydrogen) atoms. The first-order valence-electron chi connectivity index (χ1n) is 22.1. The molecule has 10 rings (SSSR count). The first-order chi connectivity index (χ1) is 31.2. The maximum atomic E-state index is 15.8. The van der Waals surface area contributed by atoms with E-state index in [2.05, 4.69) is 53.5 Å². The highest BCUT2D eigenvalue weighted by molar-refractivity contribution is 7.92. The van der Waals surface area contributed by atoms with Gasteiger partial charge in [0, 0.05) is 76.7 Å². The normalized spacial score (nSPS) is 21.6. The van der Waals surface area contributed by atoms with E-state index in [0.29, 0.717) is 64.9 Å². The number of rotatable bonds is 8. The Kier molecular flexibility index (Phi) is 10.1. The lowest BCUT2D eigenvalue weighted by atomic mass is 9.83. The highest BCUT2D eigenvalue weighted by Gasteiger charge is 2.59. The minimum Gasteiger partial charge on any atom is -0.376 e. The number of fused-ring (bicyclic) bond motifs is 2. The fraction of sp³-hybridized carbons (Fsp3) is 0.396. The first-order valence-corrected chi connectivity index (χ1v) is 24.4. The van der Waals surface area contributed by atoms with E-state index < -0.39 is 38.6 Å². The molecule has 2 fully saturated rings. The largest absolute Gasteiger partial charge is 0.438 e. The molecule has 3 aromatic carbocycles. The number of H-pyrrole nitrogens is 1. The molecule has 1 aliphatic carbocycles. The summed E-state index contributed by atoms with van der Waals surface area (Å²) in [6.07, 6.45) is 8.48. The molecule has 6 heterocycles. The van der Waals surface area contributed by atoms with Crippen LogP contribution in [0, 0.1) is 31.4 Å². The molecule has 4 aromatic heterocycles. The quantitative estimate of drug-likeness (QED) is 0.161. The summed E-state index contributed by atoms with van der Waals surface area (Å²) in [6, 6.07) is 14.9. The third-order valence-corrected chi connectivity index (χ3v) is 14.3. The van der Waals surface area contributed by atoms with Crippen LogP contribution >= 0.6 is 0 Å². The lowest BCUT2D eigenvalue weighted by molar-refractivity contribution is -0.0592. The molecule has 1 N–H and O–H groups in total. The van der Waals surface area contributed by atoms with Gasteiger partial charge in [0.15, 0.2) is 5.82 Å². The monoisotopic (exact) mass is 919 g/mol. The molecule has 0 bridgehead atoms. The molecule has 3 aliphatic rings. The second kappa shape index (κ2) is 15.3. The zero-order chi connectivity index (χ0) is 46.8. The number of carbonyl (C=O) groups is 1. The third kappa shape index (κ3) is 7.15. The second-order valence-electron chi connectivity index (χ2n) is 19.1. The molecule has 2 aliphatic heterocycles. The van der Waals surface area contributed by atoms with Crippen LogP contribution in [0.1, 0.15) is 103 Å². The van der Waals surface area contributed by atoms with Crippen molar-refractivity contribution in [3.63, 3.8) is 0 Å². The summed E-state index contributed by atoms with van der Waals surface area (Å²) in [4.78, 5) is 47.1. The van der Waals surface area contributed by atoms with E-state index in [1.54, 1.807) is 35.6 Å². The summed E-state index contributed by atoms with van der Waals surface area (Å²) in [5.74, 6) is -1.19. The Morgan fingerprint density at radius 3 is 2.35 bits per heavy atom. The number of ether oxygens (including phenoxy) is 1. The van der Waals surface area contributed by atoms with Crippen molar-refractivity contribution >= 4 is 32.2 Å². The number of halogens is 2. The highest BCUT2D eigenvalue weighted by atomic mass is 32.2. The Balaban J connectivity index is 1.11. The average molecular weight is 920 g/mol. The van der Waals surface area contributed by atoms with Gasteiger partial charge in [0.2, 0.25) is 0 Å². The lowest BCUT2D eigenvalue weighted by Crippen LogP contribution is -2.41. The van der Waals surface area contributed by atoms with Crippen LogP contribution in [0.15, 0.2) is 85.5 Å². The van der Waals surface area contributed by atoms with E-state index in [-0.39, 0.29) is 47.1 Å². The van der Waals surface area contributed by atoms with Gasteiger partial charge in [-0.25, -0.2) is 27.3 Å². The summed E-state index contributed by atoms with van der Waals surface area (Å²) in [6.45, 7) is 12.4. The van der Waals surface area contributed by atoms with Crippen LogP contribution in [0.2, 0.25) is 0 Å². The number of hydrogen-bond acceptors (Lipinski definition) is 9. The Bertz CT molecular complexity index is 3370.